The van der Waals surface area contributed by atoms with Crippen LogP contribution < -0.4 is 20.9 Å². The summed E-state index contributed by atoms with van der Waals surface area (Å²) < 4.78 is 40.6. The lowest BCUT2D eigenvalue weighted by Crippen LogP contribution is -2.45. The Labute approximate surface area is 155 Å². The van der Waals surface area contributed by atoms with Crippen LogP contribution in [0.25, 0.3) is 0 Å². The molecule has 2 unspecified atom stereocenters. The van der Waals surface area contributed by atoms with E-state index in [-0.39, 0.29) is 6.54 Å². The molecule has 0 aliphatic carbocycles. The fourth-order valence-corrected chi connectivity index (χ4v) is 4.12. The quantitative estimate of drug-likeness (QED) is 0.616. The lowest BCUT2D eigenvalue weighted by molar-refractivity contribution is -0.119. The Bertz CT molecular complexity index is 891. The fraction of sp³-hybridized carbons (Fsp3) is 0.188. The van der Waals surface area contributed by atoms with Crippen molar-refractivity contribution in [2.24, 2.45) is 5.92 Å². The topological polar surface area (TPSA) is 99.3 Å². The number of hydrazine groups is 1. The first-order valence-corrected chi connectivity index (χ1v) is 9.59. The number of amides is 1. The highest BCUT2D eigenvalue weighted by molar-refractivity contribution is 7.93. The highest BCUT2D eigenvalue weighted by Crippen LogP contribution is 2.21. The second kappa shape index (κ2) is 7.58. The van der Waals surface area contributed by atoms with Crippen LogP contribution in [0.5, 0.6) is 0 Å². The first kappa shape index (κ1) is 18.6. The van der Waals surface area contributed by atoms with Gasteiger partial charge in [0.25, 0.3) is 10.0 Å². The molecule has 7 nitrogen and oxygen atoms in total. The highest BCUT2D eigenvalue weighted by Gasteiger charge is 2.41. The molecule has 138 valence electrons. The van der Waals surface area contributed by atoms with Gasteiger partial charge in [-0.15, -0.1) is 0 Å². The van der Waals surface area contributed by atoms with Gasteiger partial charge in [-0.1, -0.05) is 11.6 Å². The number of halogens is 2. The molecule has 1 aliphatic rings. The zero-order chi connectivity index (χ0) is 18.7. The molecule has 0 spiro atoms. The minimum atomic E-state index is -3.91. The van der Waals surface area contributed by atoms with Gasteiger partial charge >= 0.3 is 0 Å². The molecule has 0 bridgehead atoms. The van der Waals surface area contributed by atoms with Crippen LogP contribution in [0, 0.1) is 11.7 Å². The normalized spacial score (nSPS) is 19.9. The van der Waals surface area contributed by atoms with Crippen molar-refractivity contribution in [3.8, 4) is 0 Å². The largest absolute Gasteiger partial charge is 0.326 e. The maximum Gasteiger partial charge on any atom is 0.250 e. The Balaban J connectivity index is 1.72. The monoisotopic (exact) mass is 398 g/mol. The molecule has 3 rings (SSSR count). The Morgan fingerprint density at radius 1 is 1.08 bits per heavy atom. The maximum absolute atomic E-state index is 12.9. The third kappa shape index (κ3) is 4.31. The van der Waals surface area contributed by atoms with Gasteiger partial charge < -0.3 is 5.32 Å². The first-order valence-electron chi connectivity index (χ1n) is 7.67. The number of carbonyl (C=O) groups excluding carboxylic acids is 1. The van der Waals surface area contributed by atoms with Crippen molar-refractivity contribution in [3.63, 3.8) is 0 Å². The predicted octanol–water partition coefficient (Wildman–Crippen LogP) is 1.91. The third-order valence-electron chi connectivity index (χ3n) is 3.82. The van der Waals surface area contributed by atoms with Gasteiger partial charge in [-0.25, -0.2) is 18.2 Å². The van der Waals surface area contributed by atoms with Crippen LogP contribution in [0.3, 0.4) is 0 Å². The van der Waals surface area contributed by atoms with Crippen LogP contribution in [0.15, 0.2) is 48.5 Å². The predicted molar refractivity (Wildman–Crippen MR) is 97.4 cm³/mol. The van der Waals surface area contributed by atoms with E-state index in [9.17, 15) is 17.6 Å². The Morgan fingerprint density at radius 2 is 1.69 bits per heavy atom. The van der Waals surface area contributed by atoms with Crippen LogP contribution in [0.1, 0.15) is 0 Å². The molecule has 4 N–H and O–H groups in total. The summed E-state index contributed by atoms with van der Waals surface area (Å²) >= 11 is 5.79. The molecule has 2 aromatic carbocycles. The van der Waals surface area contributed by atoms with Gasteiger partial charge in [0.15, 0.2) is 5.37 Å². The number of rotatable bonds is 5. The molecule has 0 saturated carbocycles. The third-order valence-corrected chi connectivity index (χ3v) is 5.71. The molecular weight excluding hydrogens is 383 g/mol. The van der Waals surface area contributed by atoms with Crippen molar-refractivity contribution in [2.45, 2.75) is 5.37 Å². The van der Waals surface area contributed by atoms with Gasteiger partial charge in [0.2, 0.25) is 5.91 Å². The second-order valence-corrected chi connectivity index (χ2v) is 7.94. The van der Waals surface area contributed by atoms with Gasteiger partial charge in [-0.05, 0) is 48.5 Å². The summed E-state index contributed by atoms with van der Waals surface area (Å²) in [7, 11) is -3.91. The minimum absolute atomic E-state index is 0.124. The SMILES string of the molecule is O=C(Nc1ccc(F)cc1)C1CNNC1S(=O)(=O)Nc1ccc(Cl)cc1. The van der Waals surface area contributed by atoms with Crippen molar-refractivity contribution >= 4 is 38.9 Å². The molecule has 2 aromatic rings. The van der Waals surface area contributed by atoms with E-state index in [0.29, 0.717) is 16.4 Å². The molecule has 1 amide bonds. The first-order chi connectivity index (χ1) is 12.3. The van der Waals surface area contributed by atoms with Gasteiger partial charge in [0.1, 0.15) is 5.82 Å². The summed E-state index contributed by atoms with van der Waals surface area (Å²) in [6.07, 6.45) is 0. The summed E-state index contributed by atoms with van der Waals surface area (Å²) in [5, 5.41) is 1.88. The van der Waals surface area contributed by atoms with E-state index >= 15 is 0 Å². The van der Waals surface area contributed by atoms with Gasteiger partial charge in [0, 0.05) is 22.9 Å². The Kier molecular flexibility index (Phi) is 5.42. The molecule has 10 heteroatoms. The number of nitrogens with one attached hydrogen (secondary N) is 4. The van der Waals surface area contributed by atoms with Crippen molar-refractivity contribution in [3.05, 3.63) is 59.4 Å². The second-order valence-electron chi connectivity index (χ2n) is 5.70. The molecular formula is C16H16ClFN4O3S. The van der Waals surface area contributed by atoms with Crippen molar-refractivity contribution in [1.82, 2.24) is 10.9 Å². The van der Waals surface area contributed by atoms with Crippen LogP contribution >= 0.6 is 11.6 Å². The molecule has 1 aliphatic heterocycles. The van der Waals surface area contributed by atoms with Crippen LogP contribution in [0.4, 0.5) is 15.8 Å². The highest BCUT2D eigenvalue weighted by atomic mass is 35.5. The summed E-state index contributed by atoms with van der Waals surface area (Å²) in [4.78, 5) is 12.5. The van der Waals surface area contributed by atoms with E-state index in [4.69, 9.17) is 11.6 Å². The van der Waals surface area contributed by atoms with Gasteiger partial charge in [-0.3, -0.25) is 14.9 Å². The van der Waals surface area contributed by atoms with E-state index in [0.717, 1.165) is 0 Å². The van der Waals surface area contributed by atoms with E-state index in [1.54, 1.807) is 12.1 Å². The van der Waals surface area contributed by atoms with Crippen molar-refractivity contribution in [1.29, 1.82) is 0 Å². The zero-order valence-corrected chi connectivity index (χ0v) is 14.9. The van der Waals surface area contributed by atoms with Crippen LogP contribution in [0.2, 0.25) is 5.02 Å². The van der Waals surface area contributed by atoms with E-state index in [2.05, 4.69) is 20.9 Å². The summed E-state index contributed by atoms with van der Waals surface area (Å²) in [6.45, 7) is 0.124. The number of hydrogen-bond acceptors (Lipinski definition) is 5. The van der Waals surface area contributed by atoms with Gasteiger partial charge in [-0.2, -0.15) is 0 Å². The van der Waals surface area contributed by atoms with Gasteiger partial charge in [0.05, 0.1) is 5.92 Å². The lowest BCUT2D eigenvalue weighted by Gasteiger charge is -2.19. The molecule has 1 fully saturated rings. The standard InChI is InChI=1S/C16H16ClFN4O3S/c17-10-1-5-13(6-2-10)22-26(24,25)16-14(9-19-21-16)15(23)20-12-7-3-11(18)4-8-12/h1-8,14,16,19,21-22H,9H2,(H,20,23). The smallest absolute Gasteiger partial charge is 0.250 e. The van der Waals surface area contributed by atoms with Crippen molar-refractivity contribution in [2.75, 3.05) is 16.6 Å². The lowest BCUT2D eigenvalue weighted by atomic mass is 10.1. The van der Waals surface area contributed by atoms with E-state index in [1.165, 1.54) is 36.4 Å². The average molecular weight is 399 g/mol. The number of benzene rings is 2. The van der Waals surface area contributed by atoms with Crippen molar-refractivity contribution < 1.29 is 17.6 Å². The number of sulfonamides is 1. The molecule has 1 saturated heterocycles. The van der Waals surface area contributed by atoms with Crippen LogP contribution in [-0.2, 0) is 14.8 Å². The molecule has 1 heterocycles. The number of carbonyl (C=O) groups is 1. The molecule has 0 aromatic heterocycles. The molecule has 0 radical (unpaired) electrons. The van der Waals surface area contributed by atoms with E-state index < -0.39 is 33.0 Å². The fourth-order valence-electron chi connectivity index (χ4n) is 2.51. The van der Waals surface area contributed by atoms with E-state index in [1.807, 2.05) is 0 Å². The Morgan fingerprint density at radius 3 is 2.35 bits per heavy atom. The molecule has 2 atom stereocenters. The Hall–Kier alpha value is -2.20. The molecule has 26 heavy (non-hydrogen) atoms. The van der Waals surface area contributed by atoms with Crippen LogP contribution in [-0.4, -0.2) is 26.2 Å². The average Bonchev–Trinajstić information content (AvgIpc) is 3.10. The summed E-state index contributed by atoms with van der Waals surface area (Å²) in [5.41, 5.74) is 6.01. The maximum atomic E-state index is 12.9. The minimum Gasteiger partial charge on any atom is -0.326 e. The summed E-state index contributed by atoms with van der Waals surface area (Å²) in [5.74, 6) is -1.81. The number of anilines is 2. The number of hydrogen-bond donors (Lipinski definition) is 4. The summed E-state index contributed by atoms with van der Waals surface area (Å²) in [6, 6.07) is 11.4. The zero-order valence-electron chi connectivity index (χ0n) is 13.4.